The average molecular weight is 426 g/mol. The Morgan fingerprint density at radius 2 is 1.81 bits per heavy atom. The number of carbonyl (C=O) groups excluding carboxylic acids is 2. The van der Waals surface area contributed by atoms with E-state index in [1.54, 1.807) is 25.2 Å². The van der Waals surface area contributed by atoms with Crippen LogP contribution in [0.15, 0.2) is 42.5 Å². The molecule has 0 unspecified atom stereocenters. The van der Waals surface area contributed by atoms with Crippen LogP contribution >= 0.6 is 0 Å². The van der Waals surface area contributed by atoms with Gasteiger partial charge in [0.2, 0.25) is 5.91 Å². The molecule has 2 amide bonds. The monoisotopic (exact) mass is 426 g/mol. The summed E-state index contributed by atoms with van der Waals surface area (Å²) in [6.07, 6.45) is 2.29. The zero-order valence-electron chi connectivity index (χ0n) is 17.8. The molecule has 1 aliphatic heterocycles. The molecule has 0 aromatic heterocycles. The number of para-hydroxylation sites is 1. The molecule has 31 heavy (non-hydrogen) atoms. The first-order chi connectivity index (χ1) is 15.0. The summed E-state index contributed by atoms with van der Waals surface area (Å²) in [4.78, 5) is 27.8. The number of carbonyl (C=O) groups is 2. The Bertz CT molecular complexity index is 959. The lowest BCUT2D eigenvalue weighted by atomic mass is 9.87. The first-order valence-corrected chi connectivity index (χ1v) is 10.5. The van der Waals surface area contributed by atoms with E-state index in [-0.39, 0.29) is 24.3 Å². The predicted molar refractivity (Wildman–Crippen MR) is 114 cm³/mol. The molecule has 1 saturated carbocycles. The number of hydrogen-bond donors (Lipinski definition) is 1. The van der Waals surface area contributed by atoms with Crippen molar-refractivity contribution in [2.24, 2.45) is 11.8 Å². The minimum absolute atomic E-state index is 0.0591. The standard InChI is InChI=1S/C24H27FN2O4/c1-30-21-5-3-4-18(22(21)31-2)19-13-27(24(29)16-8-10-17(25)11-9-16)14-20(19)23(28)26-12-15-6-7-15/h3-5,8-11,15,19-20H,6-7,12-14H2,1-2H3,(H,26,28)/t19-,20-/m0/s1. The van der Waals surface area contributed by atoms with Gasteiger partial charge in [-0.05, 0) is 49.1 Å². The van der Waals surface area contributed by atoms with Gasteiger partial charge in [0, 0.05) is 36.7 Å². The fourth-order valence-corrected chi connectivity index (χ4v) is 4.23. The highest BCUT2D eigenvalue weighted by molar-refractivity contribution is 5.95. The third-order valence-electron chi connectivity index (χ3n) is 6.13. The van der Waals surface area contributed by atoms with Crippen molar-refractivity contribution in [2.45, 2.75) is 18.8 Å². The summed E-state index contributed by atoms with van der Waals surface area (Å²) >= 11 is 0. The second-order valence-electron chi connectivity index (χ2n) is 8.20. The first kappa shape index (κ1) is 21.2. The maximum atomic E-state index is 13.3. The molecule has 6 nitrogen and oxygen atoms in total. The molecular formula is C24H27FN2O4. The molecule has 0 bridgehead atoms. The topological polar surface area (TPSA) is 67.9 Å². The number of amides is 2. The number of methoxy groups -OCH3 is 2. The van der Waals surface area contributed by atoms with Crippen LogP contribution in [0.2, 0.25) is 0 Å². The second kappa shape index (κ2) is 8.96. The van der Waals surface area contributed by atoms with E-state index >= 15 is 0 Å². The van der Waals surface area contributed by atoms with Crippen molar-refractivity contribution >= 4 is 11.8 Å². The molecule has 1 aliphatic carbocycles. The van der Waals surface area contributed by atoms with Gasteiger partial charge in [-0.15, -0.1) is 0 Å². The fraction of sp³-hybridized carbons (Fsp3) is 0.417. The van der Waals surface area contributed by atoms with Crippen molar-refractivity contribution in [3.8, 4) is 11.5 Å². The molecule has 0 spiro atoms. The number of hydrogen-bond acceptors (Lipinski definition) is 4. The summed E-state index contributed by atoms with van der Waals surface area (Å²) in [6, 6.07) is 11.1. The number of halogens is 1. The van der Waals surface area contributed by atoms with Gasteiger partial charge in [-0.2, -0.15) is 0 Å². The van der Waals surface area contributed by atoms with Gasteiger partial charge in [0.15, 0.2) is 11.5 Å². The molecule has 0 radical (unpaired) electrons. The highest BCUT2D eigenvalue weighted by atomic mass is 19.1. The van der Waals surface area contributed by atoms with Gasteiger partial charge in [-0.3, -0.25) is 9.59 Å². The molecule has 1 N–H and O–H groups in total. The van der Waals surface area contributed by atoms with Crippen molar-refractivity contribution in [1.82, 2.24) is 10.2 Å². The average Bonchev–Trinajstić information content (AvgIpc) is 3.52. The third-order valence-corrected chi connectivity index (χ3v) is 6.13. The lowest BCUT2D eigenvalue weighted by Crippen LogP contribution is -2.36. The summed E-state index contributed by atoms with van der Waals surface area (Å²) in [5.41, 5.74) is 1.24. The van der Waals surface area contributed by atoms with Gasteiger partial charge in [-0.1, -0.05) is 12.1 Å². The number of nitrogens with one attached hydrogen (secondary N) is 1. The summed E-state index contributed by atoms with van der Waals surface area (Å²) in [7, 11) is 3.14. The van der Waals surface area contributed by atoms with E-state index in [0.29, 0.717) is 36.1 Å². The molecule has 7 heteroatoms. The summed E-state index contributed by atoms with van der Waals surface area (Å²) < 4.78 is 24.3. The highest BCUT2D eigenvalue weighted by Gasteiger charge is 2.42. The van der Waals surface area contributed by atoms with Crippen LogP contribution in [0, 0.1) is 17.7 Å². The molecular weight excluding hydrogens is 399 g/mol. The molecule has 1 heterocycles. The molecule has 2 aromatic rings. The minimum atomic E-state index is -0.413. The fourth-order valence-electron chi connectivity index (χ4n) is 4.23. The van der Waals surface area contributed by atoms with Crippen LogP contribution in [0.3, 0.4) is 0 Å². The quantitative estimate of drug-likeness (QED) is 0.738. The Balaban J connectivity index is 1.62. The van der Waals surface area contributed by atoms with Crippen molar-refractivity contribution < 1.29 is 23.5 Å². The van der Waals surface area contributed by atoms with Crippen molar-refractivity contribution in [2.75, 3.05) is 33.9 Å². The van der Waals surface area contributed by atoms with Gasteiger partial charge < -0.3 is 19.7 Å². The molecule has 2 aliphatic rings. The van der Waals surface area contributed by atoms with Gasteiger partial charge in [0.05, 0.1) is 20.1 Å². The van der Waals surface area contributed by atoms with Crippen LogP contribution in [-0.4, -0.2) is 50.6 Å². The third kappa shape index (κ3) is 4.50. The van der Waals surface area contributed by atoms with E-state index in [2.05, 4.69) is 5.32 Å². The van der Waals surface area contributed by atoms with Crippen LogP contribution in [0.5, 0.6) is 11.5 Å². The number of nitrogens with zero attached hydrogens (tertiary/aromatic N) is 1. The normalized spacial score (nSPS) is 20.4. The number of ether oxygens (including phenoxy) is 2. The smallest absolute Gasteiger partial charge is 0.253 e. The molecule has 1 saturated heterocycles. The minimum Gasteiger partial charge on any atom is -0.493 e. The lowest BCUT2D eigenvalue weighted by molar-refractivity contribution is -0.125. The Morgan fingerprint density at radius 1 is 1.06 bits per heavy atom. The zero-order valence-corrected chi connectivity index (χ0v) is 17.8. The zero-order chi connectivity index (χ0) is 22.0. The molecule has 2 aromatic carbocycles. The van der Waals surface area contributed by atoms with E-state index in [0.717, 1.165) is 18.4 Å². The van der Waals surface area contributed by atoms with Crippen LogP contribution in [-0.2, 0) is 4.79 Å². The maximum Gasteiger partial charge on any atom is 0.253 e. The SMILES string of the molecule is COc1cccc([C@@H]2CN(C(=O)c3ccc(F)cc3)C[C@@H]2C(=O)NCC2CC2)c1OC. The predicted octanol–water partition coefficient (Wildman–Crippen LogP) is 3.22. The first-order valence-electron chi connectivity index (χ1n) is 10.5. The van der Waals surface area contributed by atoms with E-state index in [9.17, 15) is 14.0 Å². The van der Waals surface area contributed by atoms with Gasteiger partial charge in [0.1, 0.15) is 5.82 Å². The van der Waals surface area contributed by atoms with Crippen molar-refractivity contribution in [1.29, 1.82) is 0 Å². The lowest BCUT2D eigenvalue weighted by Gasteiger charge is -2.21. The molecule has 164 valence electrons. The van der Waals surface area contributed by atoms with E-state index in [1.165, 1.54) is 24.3 Å². The van der Waals surface area contributed by atoms with Crippen LogP contribution < -0.4 is 14.8 Å². The Labute approximate surface area is 181 Å². The van der Waals surface area contributed by atoms with Gasteiger partial charge in [0.25, 0.3) is 5.91 Å². The van der Waals surface area contributed by atoms with Crippen LogP contribution in [0.4, 0.5) is 4.39 Å². The molecule has 4 rings (SSSR count). The number of likely N-dealkylation sites (tertiary alicyclic amines) is 1. The number of rotatable bonds is 7. The van der Waals surface area contributed by atoms with Crippen molar-refractivity contribution in [3.63, 3.8) is 0 Å². The second-order valence-corrected chi connectivity index (χ2v) is 8.20. The van der Waals surface area contributed by atoms with Crippen LogP contribution in [0.25, 0.3) is 0 Å². The molecule has 2 fully saturated rings. The van der Waals surface area contributed by atoms with E-state index < -0.39 is 11.7 Å². The Hall–Kier alpha value is -3.09. The number of benzene rings is 2. The van der Waals surface area contributed by atoms with E-state index in [1.807, 2.05) is 12.1 Å². The molecule has 2 atom stereocenters. The Kier molecular flexibility index (Phi) is 6.11. The summed E-state index contributed by atoms with van der Waals surface area (Å²) in [6.45, 7) is 1.32. The summed E-state index contributed by atoms with van der Waals surface area (Å²) in [5.74, 6) is 0.395. The Morgan fingerprint density at radius 3 is 2.45 bits per heavy atom. The summed E-state index contributed by atoms with van der Waals surface area (Å²) in [5, 5.41) is 3.06. The van der Waals surface area contributed by atoms with Crippen LogP contribution in [0.1, 0.15) is 34.7 Å². The maximum absolute atomic E-state index is 13.3. The van der Waals surface area contributed by atoms with E-state index in [4.69, 9.17) is 9.47 Å². The highest BCUT2D eigenvalue weighted by Crippen LogP contribution is 2.42. The van der Waals surface area contributed by atoms with Crippen molar-refractivity contribution in [3.05, 3.63) is 59.4 Å². The largest absolute Gasteiger partial charge is 0.493 e. The van der Waals surface area contributed by atoms with Gasteiger partial charge in [-0.25, -0.2) is 4.39 Å². The van der Waals surface area contributed by atoms with Gasteiger partial charge >= 0.3 is 0 Å².